The molecule has 1 aliphatic rings. The van der Waals surface area contributed by atoms with Crippen molar-refractivity contribution in [3.05, 3.63) is 17.6 Å². The van der Waals surface area contributed by atoms with Crippen LogP contribution >= 0.6 is 0 Å². The molecule has 21 heavy (non-hydrogen) atoms. The molecule has 0 radical (unpaired) electrons. The van der Waals surface area contributed by atoms with Crippen LogP contribution in [0.2, 0.25) is 0 Å². The highest BCUT2D eigenvalue weighted by molar-refractivity contribution is 5.72. The number of hydrogen-bond donors (Lipinski definition) is 0. The molecule has 1 atom stereocenters. The first kappa shape index (κ1) is 14.3. The summed E-state index contributed by atoms with van der Waals surface area (Å²) in [5.41, 5.74) is 4.30. The largest absolute Gasteiger partial charge is 0.365 e. The summed E-state index contributed by atoms with van der Waals surface area (Å²) < 4.78 is 1.79. The second-order valence-corrected chi connectivity index (χ2v) is 6.28. The molecular formula is C15H24N6. The summed E-state index contributed by atoms with van der Waals surface area (Å²) in [6, 6.07) is 1.13. The Morgan fingerprint density at radius 1 is 1.24 bits per heavy atom. The molecule has 0 aromatic carbocycles. The van der Waals surface area contributed by atoms with E-state index in [0.29, 0.717) is 12.1 Å². The Labute approximate surface area is 125 Å². The maximum Gasteiger partial charge on any atom is 0.201 e. The normalized spacial score (nSPS) is 20.7. The van der Waals surface area contributed by atoms with Gasteiger partial charge in [0.05, 0.1) is 11.4 Å². The van der Waals surface area contributed by atoms with Gasteiger partial charge in [0.15, 0.2) is 0 Å². The van der Waals surface area contributed by atoms with E-state index in [1.165, 1.54) is 11.3 Å². The predicted molar refractivity (Wildman–Crippen MR) is 83.8 cm³/mol. The number of piperazine rings is 1. The van der Waals surface area contributed by atoms with Gasteiger partial charge in [0.1, 0.15) is 6.33 Å². The first-order chi connectivity index (χ1) is 9.99. The van der Waals surface area contributed by atoms with Crippen molar-refractivity contribution in [2.24, 2.45) is 0 Å². The third kappa shape index (κ3) is 2.37. The van der Waals surface area contributed by atoms with Crippen LogP contribution in [0.25, 0.3) is 5.65 Å². The first-order valence-electron chi connectivity index (χ1n) is 7.67. The molecule has 1 aliphatic heterocycles. The van der Waals surface area contributed by atoms with E-state index in [1.54, 1.807) is 10.8 Å². The van der Waals surface area contributed by atoms with E-state index in [-0.39, 0.29) is 0 Å². The Bertz CT molecular complexity index is 647. The number of aryl methyl sites for hydroxylation is 1. The number of aromatic nitrogens is 4. The molecular weight excluding hydrogens is 264 g/mol. The second kappa shape index (κ2) is 5.26. The topological polar surface area (TPSA) is 49.6 Å². The van der Waals surface area contributed by atoms with Crippen LogP contribution in [0.5, 0.6) is 0 Å². The SMILES string of the molecule is Cc1nn2cnnc2c(N2CCN(C(C)C)C(C)C2)c1C. The van der Waals surface area contributed by atoms with Crippen LogP contribution in [0.3, 0.4) is 0 Å². The van der Waals surface area contributed by atoms with E-state index < -0.39 is 0 Å². The average molecular weight is 288 g/mol. The van der Waals surface area contributed by atoms with Crippen molar-refractivity contribution in [3.8, 4) is 0 Å². The Hall–Kier alpha value is -1.69. The number of fused-ring (bicyclic) bond motifs is 1. The number of anilines is 1. The highest BCUT2D eigenvalue weighted by Gasteiger charge is 2.28. The molecule has 6 heteroatoms. The third-order valence-electron chi connectivity index (χ3n) is 4.56. The van der Waals surface area contributed by atoms with Crippen LogP contribution in [-0.4, -0.2) is 56.4 Å². The van der Waals surface area contributed by atoms with Gasteiger partial charge in [0, 0.05) is 31.7 Å². The van der Waals surface area contributed by atoms with E-state index in [9.17, 15) is 0 Å². The van der Waals surface area contributed by atoms with Crippen LogP contribution in [0.4, 0.5) is 5.69 Å². The number of rotatable bonds is 2. The van der Waals surface area contributed by atoms with Gasteiger partial charge >= 0.3 is 0 Å². The van der Waals surface area contributed by atoms with Gasteiger partial charge < -0.3 is 4.90 Å². The molecule has 0 spiro atoms. The zero-order valence-electron chi connectivity index (χ0n) is 13.5. The zero-order valence-corrected chi connectivity index (χ0v) is 13.5. The quantitative estimate of drug-likeness (QED) is 0.841. The smallest absolute Gasteiger partial charge is 0.201 e. The second-order valence-electron chi connectivity index (χ2n) is 6.28. The summed E-state index contributed by atoms with van der Waals surface area (Å²) in [5, 5.41) is 12.8. The minimum absolute atomic E-state index is 0.537. The molecule has 0 amide bonds. The minimum atomic E-state index is 0.537. The molecule has 0 saturated carbocycles. The van der Waals surface area contributed by atoms with Gasteiger partial charge in [-0.2, -0.15) is 9.61 Å². The lowest BCUT2D eigenvalue weighted by Gasteiger charge is -2.43. The fraction of sp³-hybridized carbons (Fsp3) is 0.667. The van der Waals surface area contributed by atoms with Gasteiger partial charge in [-0.15, -0.1) is 10.2 Å². The molecule has 1 saturated heterocycles. The highest BCUT2D eigenvalue weighted by Crippen LogP contribution is 2.28. The van der Waals surface area contributed by atoms with E-state index in [4.69, 9.17) is 0 Å². The lowest BCUT2D eigenvalue weighted by atomic mass is 10.1. The van der Waals surface area contributed by atoms with Crippen molar-refractivity contribution in [2.75, 3.05) is 24.5 Å². The van der Waals surface area contributed by atoms with Crippen molar-refractivity contribution < 1.29 is 0 Å². The van der Waals surface area contributed by atoms with E-state index in [0.717, 1.165) is 31.0 Å². The van der Waals surface area contributed by atoms with Crippen molar-refractivity contribution >= 4 is 11.3 Å². The minimum Gasteiger partial charge on any atom is -0.365 e. The predicted octanol–water partition coefficient (Wildman–Crippen LogP) is 1.66. The van der Waals surface area contributed by atoms with Gasteiger partial charge in [0.2, 0.25) is 5.65 Å². The summed E-state index contributed by atoms with van der Waals surface area (Å²) in [5.74, 6) is 0. The van der Waals surface area contributed by atoms with Gasteiger partial charge in [-0.25, -0.2) is 0 Å². The summed E-state index contributed by atoms with van der Waals surface area (Å²) in [4.78, 5) is 5.00. The Morgan fingerprint density at radius 3 is 2.67 bits per heavy atom. The van der Waals surface area contributed by atoms with Gasteiger partial charge in [-0.05, 0) is 40.2 Å². The summed E-state index contributed by atoms with van der Waals surface area (Å²) in [6.07, 6.45) is 1.68. The van der Waals surface area contributed by atoms with E-state index in [1.807, 2.05) is 6.92 Å². The van der Waals surface area contributed by atoms with Crippen molar-refractivity contribution in [1.29, 1.82) is 0 Å². The lowest BCUT2D eigenvalue weighted by Crippen LogP contribution is -2.54. The maximum absolute atomic E-state index is 4.51. The van der Waals surface area contributed by atoms with Crippen LogP contribution in [-0.2, 0) is 0 Å². The zero-order chi connectivity index (χ0) is 15.1. The molecule has 114 valence electrons. The Balaban J connectivity index is 1.98. The van der Waals surface area contributed by atoms with Gasteiger partial charge in [-0.3, -0.25) is 4.90 Å². The summed E-state index contributed by atoms with van der Waals surface area (Å²) in [6.45, 7) is 14.1. The van der Waals surface area contributed by atoms with Crippen molar-refractivity contribution in [3.63, 3.8) is 0 Å². The molecule has 3 heterocycles. The Kier molecular flexibility index (Phi) is 3.57. The molecule has 3 rings (SSSR count). The number of nitrogens with zero attached hydrogens (tertiary/aromatic N) is 6. The van der Waals surface area contributed by atoms with Gasteiger partial charge in [0.25, 0.3) is 0 Å². The molecule has 1 fully saturated rings. The maximum atomic E-state index is 4.51. The van der Waals surface area contributed by atoms with Crippen molar-refractivity contribution in [1.82, 2.24) is 24.7 Å². The Morgan fingerprint density at radius 2 is 2.00 bits per heavy atom. The summed E-state index contributed by atoms with van der Waals surface area (Å²) in [7, 11) is 0. The van der Waals surface area contributed by atoms with Crippen molar-refractivity contribution in [2.45, 2.75) is 46.7 Å². The lowest BCUT2D eigenvalue weighted by molar-refractivity contribution is 0.148. The fourth-order valence-corrected chi connectivity index (χ4v) is 3.36. The number of hydrogen-bond acceptors (Lipinski definition) is 5. The fourth-order valence-electron chi connectivity index (χ4n) is 3.36. The van der Waals surface area contributed by atoms with Crippen LogP contribution in [0.1, 0.15) is 32.0 Å². The molecule has 2 aromatic rings. The average Bonchev–Trinajstić information content (AvgIpc) is 2.87. The van der Waals surface area contributed by atoms with E-state index in [2.05, 4.69) is 52.8 Å². The van der Waals surface area contributed by atoms with Crippen LogP contribution in [0, 0.1) is 13.8 Å². The standard InChI is InChI=1S/C15H24N6/c1-10(2)20-7-6-19(8-11(20)3)14-12(4)13(5)18-21-9-16-17-15(14)21/h9-11H,6-8H2,1-5H3. The molecule has 1 unspecified atom stereocenters. The first-order valence-corrected chi connectivity index (χ1v) is 7.67. The van der Waals surface area contributed by atoms with E-state index >= 15 is 0 Å². The molecule has 0 bridgehead atoms. The third-order valence-corrected chi connectivity index (χ3v) is 4.56. The summed E-state index contributed by atoms with van der Waals surface area (Å²) >= 11 is 0. The molecule has 0 N–H and O–H groups in total. The molecule has 2 aromatic heterocycles. The highest BCUT2D eigenvalue weighted by atomic mass is 15.4. The monoisotopic (exact) mass is 288 g/mol. The molecule has 0 aliphatic carbocycles. The van der Waals surface area contributed by atoms with Crippen LogP contribution < -0.4 is 4.90 Å². The van der Waals surface area contributed by atoms with Gasteiger partial charge in [-0.1, -0.05) is 0 Å². The van der Waals surface area contributed by atoms with Crippen LogP contribution in [0.15, 0.2) is 6.33 Å². The molecule has 6 nitrogen and oxygen atoms in total.